The third-order valence-corrected chi connectivity index (χ3v) is 3.79. The molecule has 1 aliphatic heterocycles. The van der Waals surface area contributed by atoms with Gasteiger partial charge in [0, 0.05) is 17.1 Å². The summed E-state index contributed by atoms with van der Waals surface area (Å²) in [6.45, 7) is 8.69. The summed E-state index contributed by atoms with van der Waals surface area (Å²) >= 11 is 6.01. The highest BCUT2D eigenvalue weighted by molar-refractivity contribution is 6.31. The number of hydrogen-bond acceptors (Lipinski definition) is 4. The van der Waals surface area contributed by atoms with Crippen LogP contribution in [0.1, 0.15) is 27.7 Å². The smallest absolute Gasteiger partial charge is 0.331 e. The topological polar surface area (TPSA) is 49.9 Å². The van der Waals surface area contributed by atoms with E-state index in [9.17, 15) is 9.59 Å². The van der Waals surface area contributed by atoms with E-state index in [2.05, 4.69) is 0 Å². The minimum atomic E-state index is -0.374. The van der Waals surface area contributed by atoms with Crippen LogP contribution in [0.25, 0.3) is 0 Å². The molecule has 1 amide bonds. The van der Waals surface area contributed by atoms with Crippen molar-refractivity contribution in [1.82, 2.24) is 4.90 Å². The van der Waals surface area contributed by atoms with Crippen LogP contribution >= 0.6 is 11.6 Å². The predicted molar refractivity (Wildman–Crippen MR) is 86.4 cm³/mol. The summed E-state index contributed by atoms with van der Waals surface area (Å²) in [4.78, 5) is 27.8. The Morgan fingerprint density at radius 1 is 1.41 bits per heavy atom. The first-order chi connectivity index (χ1) is 10.2. The summed E-state index contributed by atoms with van der Waals surface area (Å²) in [7, 11) is 0. The molecule has 1 aliphatic rings. The normalized spacial score (nSPS) is 14.4. The van der Waals surface area contributed by atoms with Crippen LogP contribution in [0, 0.1) is 0 Å². The van der Waals surface area contributed by atoms with Crippen LogP contribution in [0.15, 0.2) is 18.2 Å². The molecular formula is C16H21ClN2O3. The van der Waals surface area contributed by atoms with E-state index >= 15 is 0 Å². The molecule has 0 atom stereocenters. The third-order valence-electron chi connectivity index (χ3n) is 3.56. The van der Waals surface area contributed by atoms with Gasteiger partial charge in [-0.25, -0.2) is 4.79 Å². The fourth-order valence-corrected chi connectivity index (χ4v) is 2.80. The number of carbonyl (C=O) groups excluding carboxylic acids is 2. The van der Waals surface area contributed by atoms with E-state index in [0.717, 1.165) is 0 Å². The van der Waals surface area contributed by atoms with E-state index in [1.165, 1.54) is 0 Å². The van der Waals surface area contributed by atoms with Crippen LogP contribution in [-0.4, -0.2) is 41.9 Å². The molecule has 22 heavy (non-hydrogen) atoms. The standard InChI is InChI=1S/C16H21ClN2O3/c1-5-19(16(2,3)4)14(20)9-18-10-15(21)22-13-7-6-11(17)8-12(13)18/h6-8H,5,9-10H2,1-4H3. The molecule has 2 rings (SSSR count). The minimum Gasteiger partial charge on any atom is -0.423 e. The lowest BCUT2D eigenvalue weighted by Crippen LogP contribution is -2.51. The van der Waals surface area contributed by atoms with Gasteiger partial charge in [-0.15, -0.1) is 0 Å². The van der Waals surface area contributed by atoms with Gasteiger partial charge in [-0.05, 0) is 45.9 Å². The second kappa shape index (κ2) is 6.16. The third kappa shape index (κ3) is 3.53. The molecule has 0 unspecified atom stereocenters. The van der Waals surface area contributed by atoms with Gasteiger partial charge >= 0.3 is 5.97 Å². The summed E-state index contributed by atoms with van der Waals surface area (Å²) in [6.07, 6.45) is 0. The van der Waals surface area contributed by atoms with Crippen molar-refractivity contribution in [2.24, 2.45) is 0 Å². The molecule has 0 saturated carbocycles. The Balaban J connectivity index is 2.25. The van der Waals surface area contributed by atoms with Crippen molar-refractivity contribution in [2.45, 2.75) is 33.2 Å². The van der Waals surface area contributed by atoms with Crippen LogP contribution in [-0.2, 0) is 9.59 Å². The summed E-state index contributed by atoms with van der Waals surface area (Å²) in [5.74, 6) is 0.0318. The van der Waals surface area contributed by atoms with Crippen molar-refractivity contribution in [3.8, 4) is 5.75 Å². The maximum Gasteiger partial charge on any atom is 0.331 e. The van der Waals surface area contributed by atoms with Crippen molar-refractivity contribution in [1.29, 1.82) is 0 Å². The van der Waals surface area contributed by atoms with E-state index in [1.807, 2.05) is 27.7 Å². The Kier molecular flexibility index (Phi) is 4.66. The number of carbonyl (C=O) groups is 2. The molecule has 0 spiro atoms. The van der Waals surface area contributed by atoms with Gasteiger partial charge in [0.2, 0.25) is 5.91 Å². The van der Waals surface area contributed by atoms with Crippen molar-refractivity contribution < 1.29 is 14.3 Å². The maximum atomic E-state index is 12.6. The first-order valence-electron chi connectivity index (χ1n) is 7.28. The van der Waals surface area contributed by atoms with Gasteiger partial charge in [-0.3, -0.25) is 4.79 Å². The lowest BCUT2D eigenvalue weighted by molar-refractivity contribution is -0.135. The zero-order valence-electron chi connectivity index (χ0n) is 13.4. The molecule has 0 aliphatic carbocycles. The molecule has 0 aromatic heterocycles. The monoisotopic (exact) mass is 324 g/mol. The van der Waals surface area contributed by atoms with Gasteiger partial charge in [-0.2, -0.15) is 0 Å². The summed E-state index contributed by atoms with van der Waals surface area (Å²) in [6, 6.07) is 5.02. The lowest BCUT2D eigenvalue weighted by atomic mass is 10.1. The van der Waals surface area contributed by atoms with Crippen molar-refractivity contribution in [3.05, 3.63) is 23.2 Å². The number of fused-ring (bicyclic) bond motifs is 1. The van der Waals surface area contributed by atoms with Gasteiger partial charge in [-0.1, -0.05) is 11.6 Å². The van der Waals surface area contributed by atoms with Crippen LogP contribution < -0.4 is 9.64 Å². The predicted octanol–water partition coefficient (Wildman–Crippen LogP) is 2.71. The molecule has 120 valence electrons. The SMILES string of the molecule is CCN(C(=O)CN1CC(=O)Oc2ccc(Cl)cc21)C(C)(C)C. The van der Waals surface area contributed by atoms with Crippen molar-refractivity contribution in [2.75, 3.05) is 24.5 Å². The average molecular weight is 325 g/mol. The van der Waals surface area contributed by atoms with Crippen LogP contribution in [0.3, 0.4) is 0 Å². The molecule has 0 N–H and O–H groups in total. The average Bonchev–Trinajstić information content (AvgIpc) is 2.38. The highest BCUT2D eigenvalue weighted by atomic mass is 35.5. The fraction of sp³-hybridized carbons (Fsp3) is 0.500. The molecule has 0 fully saturated rings. The zero-order chi connectivity index (χ0) is 16.5. The highest BCUT2D eigenvalue weighted by Gasteiger charge is 2.30. The van der Waals surface area contributed by atoms with E-state index < -0.39 is 0 Å². The Hall–Kier alpha value is -1.75. The van der Waals surface area contributed by atoms with Gasteiger partial charge in [0.05, 0.1) is 12.2 Å². The highest BCUT2D eigenvalue weighted by Crippen LogP contribution is 2.34. The molecule has 0 radical (unpaired) electrons. The lowest BCUT2D eigenvalue weighted by Gasteiger charge is -2.37. The Bertz CT molecular complexity index is 596. The number of halogens is 1. The van der Waals surface area contributed by atoms with Crippen LogP contribution in [0.5, 0.6) is 5.75 Å². The second-order valence-electron chi connectivity index (χ2n) is 6.25. The van der Waals surface area contributed by atoms with Crippen LogP contribution in [0.2, 0.25) is 5.02 Å². The Morgan fingerprint density at radius 2 is 2.09 bits per heavy atom. The van der Waals surface area contributed by atoms with E-state index in [4.69, 9.17) is 16.3 Å². The molecule has 1 aromatic rings. The number of nitrogens with zero attached hydrogens (tertiary/aromatic N) is 2. The summed E-state index contributed by atoms with van der Waals surface area (Å²) < 4.78 is 5.19. The number of esters is 1. The van der Waals surface area contributed by atoms with E-state index in [1.54, 1.807) is 28.0 Å². The largest absolute Gasteiger partial charge is 0.423 e. The number of ether oxygens (including phenoxy) is 1. The van der Waals surface area contributed by atoms with E-state index in [-0.39, 0.29) is 30.5 Å². The number of likely N-dealkylation sites (N-methyl/N-ethyl adjacent to an activating group) is 1. The van der Waals surface area contributed by atoms with Crippen molar-refractivity contribution >= 4 is 29.2 Å². The molecule has 0 bridgehead atoms. The first kappa shape index (κ1) is 16.6. The maximum absolute atomic E-state index is 12.6. The van der Waals surface area contributed by atoms with Gasteiger partial charge < -0.3 is 14.5 Å². The second-order valence-corrected chi connectivity index (χ2v) is 6.69. The Labute approximate surface area is 135 Å². The van der Waals surface area contributed by atoms with Gasteiger partial charge in [0.15, 0.2) is 5.75 Å². The summed E-state index contributed by atoms with van der Waals surface area (Å²) in [5, 5.41) is 0.539. The van der Waals surface area contributed by atoms with Crippen molar-refractivity contribution in [3.63, 3.8) is 0 Å². The quantitative estimate of drug-likeness (QED) is 0.633. The van der Waals surface area contributed by atoms with Crippen LogP contribution in [0.4, 0.5) is 5.69 Å². The molecule has 6 heteroatoms. The van der Waals surface area contributed by atoms with Gasteiger partial charge in [0.25, 0.3) is 0 Å². The number of hydrogen-bond donors (Lipinski definition) is 0. The number of amides is 1. The number of anilines is 1. The molecule has 0 saturated heterocycles. The molecule has 5 nitrogen and oxygen atoms in total. The zero-order valence-corrected chi connectivity index (χ0v) is 14.1. The molecule has 1 heterocycles. The number of benzene rings is 1. The van der Waals surface area contributed by atoms with Gasteiger partial charge in [0.1, 0.15) is 6.54 Å². The molecule has 1 aromatic carbocycles. The summed E-state index contributed by atoms with van der Waals surface area (Å²) in [5.41, 5.74) is 0.407. The fourth-order valence-electron chi connectivity index (χ4n) is 2.63. The Morgan fingerprint density at radius 3 is 2.68 bits per heavy atom. The minimum absolute atomic E-state index is 0.0318. The number of rotatable bonds is 3. The first-order valence-corrected chi connectivity index (χ1v) is 7.66. The molecular weight excluding hydrogens is 304 g/mol. The van der Waals surface area contributed by atoms with E-state index in [0.29, 0.717) is 23.0 Å².